The predicted molar refractivity (Wildman–Crippen MR) is 99.2 cm³/mol. The molecule has 0 unspecified atom stereocenters. The Morgan fingerprint density at radius 2 is 2.08 bits per heavy atom. The topological polar surface area (TPSA) is 58.8 Å². The number of benzene rings is 1. The first kappa shape index (κ1) is 18.6. The van der Waals surface area contributed by atoms with Crippen LogP contribution in [0, 0.1) is 19.8 Å². The smallest absolute Gasteiger partial charge is 0.249 e. The summed E-state index contributed by atoms with van der Waals surface area (Å²) < 4.78 is 5.89. The monoisotopic (exact) mass is 357 g/mol. The van der Waals surface area contributed by atoms with Gasteiger partial charge in [-0.05, 0) is 51.9 Å². The largest absolute Gasteiger partial charge is 0.441 e. The summed E-state index contributed by atoms with van der Waals surface area (Å²) in [6.07, 6.45) is 1.68. The lowest BCUT2D eigenvalue weighted by atomic mass is 9.96. The number of amides is 1. The van der Waals surface area contributed by atoms with E-state index in [1.54, 1.807) is 7.05 Å². The third kappa shape index (κ3) is 4.14. The highest BCUT2D eigenvalue weighted by Gasteiger charge is 2.28. The van der Waals surface area contributed by atoms with E-state index in [-0.39, 0.29) is 11.8 Å². The van der Waals surface area contributed by atoms with E-state index in [4.69, 9.17) is 14.2 Å². The highest BCUT2D eigenvalue weighted by molar-refractivity contribution is 5.77. The summed E-state index contributed by atoms with van der Waals surface area (Å²) in [4.78, 5) is 24.2. The van der Waals surface area contributed by atoms with Gasteiger partial charge in [0.25, 0.3) is 0 Å². The first-order valence-electron chi connectivity index (χ1n) is 9.05. The summed E-state index contributed by atoms with van der Waals surface area (Å²) in [5, 5.41) is 1.33. The van der Waals surface area contributed by atoms with Crippen LogP contribution in [-0.2, 0) is 16.2 Å². The Bertz CT molecular complexity index is 763. The van der Waals surface area contributed by atoms with Crippen molar-refractivity contribution in [3.8, 4) is 11.5 Å². The summed E-state index contributed by atoms with van der Waals surface area (Å²) in [7, 11) is 3.19. The molecule has 0 bridgehead atoms. The van der Waals surface area contributed by atoms with E-state index in [1.807, 2.05) is 19.1 Å². The first-order chi connectivity index (χ1) is 12.5. The normalized spacial score (nSPS) is 16.0. The van der Waals surface area contributed by atoms with Gasteiger partial charge in [0, 0.05) is 25.1 Å². The average Bonchev–Trinajstić information content (AvgIpc) is 3.01. The number of likely N-dealkylation sites (tertiary alicyclic amines) is 1. The third-order valence-electron chi connectivity index (χ3n) is 5.05. The number of hydrogen-bond acceptors (Lipinski definition) is 5. The molecule has 3 rings (SSSR count). The molecule has 1 aliphatic rings. The molecule has 1 saturated heterocycles. The quantitative estimate of drug-likeness (QED) is 0.769. The number of aryl methyl sites for hydroxylation is 2. The van der Waals surface area contributed by atoms with Crippen LogP contribution in [0.2, 0.25) is 0 Å². The number of piperidine rings is 1. The van der Waals surface area contributed by atoms with Gasteiger partial charge in [0.15, 0.2) is 0 Å². The average molecular weight is 357 g/mol. The molecule has 0 N–H and O–H groups in total. The molecule has 6 heteroatoms. The fourth-order valence-corrected chi connectivity index (χ4v) is 3.37. The van der Waals surface area contributed by atoms with Crippen LogP contribution in [0.3, 0.4) is 0 Å². The van der Waals surface area contributed by atoms with Crippen molar-refractivity contribution in [2.75, 3.05) is 27.2 Å². The van der Waals surface area contributed by atoms with Crippen LogP contribution >= 0.6 is 0 Å². The summed E-state index contributed by atoms with van der Waals surface area (Å²) in [6.45, 7) is 6.53. The maximum absolute atomic E-state index is 12.2. The summed E-state index contributed by atoms with van der Waals surface area (Å²) in [5.41, 5.74) is 3.17. The van der Waals surface area contributed by atoms with E-state index < -0.39 is 0 Å². The van der Waals surface area contributed by atoms with E-state index in [1.165, 1.54) is 17.7 Å². The van der Waals surface area contributed by atoms with E-state index in [0.29, 0.717) is 5.89 Å². The van der Waals surface area contributed by atoms with E-state index in [2.05, 4.69) is 24.0 Å². The molecule has 0 spiro atoms. The van der Waals surface area contributed by atoms with Gasteiger partial charge in [0.2, 0.25) is 11.8 Å². The third-order valence-corrected chi connectivity index (χ3v) is 5.05. The maximum atomic E-state index is 12.2. The van der Waals surface area contributed by atoms with Gasteiger partial charge in [-0.15, -0.1) is 0 Å². The van der Waals surface area contributed by atoms with E-state index in [9.17, 15) is 4.79 Å². The Morgan fingerprint density at radius 1 is 1.35 bits per heavy atom. The highest BCUT2D eigenvalue weighted by atomic mass is 16.7. The van der Waals surface area contributed by atoms with Crippen molar-refractivity contribution < 1.29 is 14.0 Å². The minimum absolute atomic E-state index is 0.0393. The van der Waals surface area contributed by atoms with Crippen molar-refractivity contribution in [3.05, 3.63) is 41.3 Å². The Kier molecular flexibility index (Phi) is 5.74. The van der Waals surface area contributed by atoms with Crippen LogP contribution in [0.15, 0.2) is 28.7 Å². The zero-order chi connectivity index (χ0) is 18.7. The zero-order valence-electron chi connectivity index (χ0n) is 16.0. The molecular formula is C20H27N3O3. The van der Waals surface area contributed by atoms with E-state index in [0.717, 1.165) is 49.5 Å². The number of hydrogen-bond donors (Lipinski definition) is 0. The second-order valence-corrected chi connectivity index (χ2v) is 6.96. The lowest BCUT2D eigenvalue weighted by Gasteiger charge is -2.32. The van der Waals surface area contributed by atoms with Gasteiger partial charge < -0.3 is 4.42 Å². The van der Waals surface area contributed by atoms with Crippen LogP contribution in [0.4, 0.5) is 0 Å². The van der Waals surface area contributed by atoms with Crippen LogP contribution in [0.5, 0.6) is 0 Å². The van der Waals surface area contributed by atoms with Crippen LogP contribution in [0.25, 0.3) is 11.5 Å². The van der Waals surface area contributed by atoms with Crippen molar-refractivity contribution in [3.63, 3.8) is 0 Å². The molecule has 2 aromatic rings. The first-order valence-corrected chi connectivity index (χ1v) is 9.05. The number of carbonyl (C=O) groups is 1. The molecule has 6 nitrogen and oxygen atoms in total. The van der Waals surface area contributed by atoms with Gasteiger partial charge in [-0.25, -0.2) is 10.0 Å². The van der Waals surface area contributed by atoms with Crippen molar-refractivity contribution in [2.45, 2.75) is 33.2 Å². The van der Waals surface area contributed by atoms with Crippen molar-refractivity contribution in [1.29, 1.82) is 0 Å². The van der Waals surface area contributed by atoms with Gasteiger partial charge in [-0.3, -0.25) is 14.5 Å². The second-order valence-electron chi connectivity index (χ2n) is 6.96. The minimum atomic E-state index is 0.0393. The summed E-state index contributed by atoms with van der Waals surface area (Å²) in [5.74, 6) is 1.63. The Labute approximate surface area is 154 Å². The van der Waals surface area contributed by atoms with Crippen molar-refractivity contribution in [2.24, 2.45) is 5.92 Å². The summed E-state index contributed by atoms with van der Waals surface area (Å²) in [6, 6.07) is 8.18. The zero-order valence-corrected chi connectivity index (χ0v) is 16.0. The standard InChI is InChI=1S/C20H27N3O3/c1-14-6-5-7-17(12-14)19-21-18(15(2)26-19)13-23-10-8-16(9-11-23)20(24)22(3)25-4/h5-7,12,16H,8-11,13H2,1-4H3. The molecule has 0 atom stereocenters. The molecule has 0 radical (unpaired) electrons. The molecule has 1 amide bonds. The molecule has 0 saturated carbocycles. The number of oxazole rings is 1. The Hall–Kier alpha value is -2.18. The number of nitrogens with zero attached hydrogens (tertiary/aromatic N) is 3. The Balaban J connectivity index is 1.61. The molecular weight excluding hydrogens is 330 g/mol. The van der Waals surface area contributed by atoms with E-state index >= 15 is 0 Å². The molecule has 2 heterocycles. The van der Waals surface area contributed by atoms with Crippen molar-refractivity contribution in [1.82, 2.24) is 14.9 Å². The number of aromatic nitrogens is 1. The van der Waals surface area contributed by atoms with Crippen LogP contribution < -0.4 is 0 Å². The number of carbonyl (C=O) groups excluding carboxylic acids is 1. The predicted octanol–water partition coefficient (Wildman–Crippen LogP) is 3.19. The number of rotatable bonds is 5. The van der Waals surface area contributed by atoms with Crippen LogP contribution in [-0.4, -0.2) is 48.1 Å². The van der Waals surface area contributed by atoms with Crippen LogP contribution in [0.1, 0.15) is 29.9 Å². The molecule has 26 heavy (non-hydrogen) atoms. The molecule has 1 aliphatic heterocycles. The lowest BCUT2D eigenvalue weighted by Crippen LogP contribution is -2.40. The molecule has 140 valence electrons. The molecule has 0 aliphatic carbocycles. The fraction of sp³-hybridized carbons (Fsp3) is 0.500. The Morgan fingerprint density at radius 3 is 2.73 bits per heavy atom. The van der Waals surface area contributed by atoms with Crippen molar-refractivity contribution >= 4 is 5.91 Å². The maximum Gasteiger partial charge on any atom is 0.249 e. The van der Waals surface area contributed by atoms with Gasteiger partial charge in [-0.2, -0.15) is 0 Å². The second kappa shape index (κ2) is 8.01. The summed E-state index contributed by atoms with van der Waals surface area (Å²) >= 11 is 0. The van der Waals surface area contributed by atoms with Gasteiger partial charge >= 0.3 is 0 Å². The molecule has 1 aromatic carbocycles. The fourth-order valence-electron chi connectivity index (χ4n) is 3.37. The minimum Gasteiger partial charge on any atom is -0.441 e. The number of hydroxylamine groups is 2. The molecule has 1 aromatic heterocycles. The van der Waals surface area contributed by atoms with Gasteiger partial charge in [0.05, 0.1) is 12.8 Å². The van der Waals surface area contributed by atoms with Gasteiger partial charge in [0.1, 0.15) is 5.76 Å². The highest BCUT2D eigenvalue weighted by Crippen LogP contribution is 2.25. The lowest BCUT2D eigenvalue weighted by molar-refractivity contribution is -0.174. The molecule has 1 fully saturated rings. The SMILES string of the molecule is CON(C)C(=O)C1CCN(Cc2nc(-c3cccc(C)c3)oc2C)CC1. The van der Waals surface area contributed by atoms with Gasteiger partial charge in [-0.1, -0.05) is 17.7 Å².